The van der Waals surface area contributed by atoms with Crippen LogP contribution in [0.3, 0.4) is 0 Å². The summed E-state index contributed by atoms with van der Waals surface area (Å²) in [5, 5.41) is 9.54. The molecule has 0 aromatic heterocycles. The third-order valence-corrected chi connectivity index (χ3v) is 5.16. The van der Waals surface area contributed by atoms with Crippen LogP contribution in [0.2, 0.25) is 0 Å². The van der Waals surface area contributed by atoms with Gasteiger partial charge >= 0.3 is 5.97 Å². The van der Waals surface area contributed by atoms with Crippen LogP contribution in [-0.2, 0) is 9.59 Å². The van der Waals surface area contributed by atoms with Crippen LogP contribution >= 0.6 is 0 Å². The number of carbonyl (C=O) groups is 3. The van der Waals surface area contributed by atoms with Crippen LogP contribution in [0.4, 0.5) is 0 Å². The molecule has 1 fully saturated rings. The van der Waals surface area contributed by atoms with Crippen LogP contribution in [0, 0.1) is 12.8 Å². The topological polar surface area (TPSA) is 74.7 Å². The molecule has 2 aromatic rings. The van der Waals surface area contributed by atoms with E-state index < -0.39 is 11.9 Å². The highest BCUT2D eigenvalue weighted by atomic mass is 16.4. The number of ketones is 1. The minimum atomic E-state index is -0.894. The summed E-state index contributed by atoms with van der Waals surface area (Å²) in [6.45, 7) is 2.51. The number of carboxylic acid groups (broad SMARTS) is 1. The van der Waals surface area contributed by atoms with Gasteiger partial charge in [-0.3, -0.25) is 14.4 Å². The first kappa shape index (κ1) is 18.8. The van der Waals surface area contributed by atoms with Crippen molar-refractivity contribution in [2.75, 3.05) is 13.1 Å². The molecule has 1 amide bonds. The maximum atomic E-state index is 12.6. The zero-order valence-corrected chi connectivity index (χ0v) is 15.3. The summed E-state index contributed by atoms with van der Waals surface area (Å²) < 4.78 is 0. The van der Waals surface area contributed by atoms with Gasteiger partial charge in [-0.2, -0.15) is 0 Å². The second-order valence-electron chi connectivity index (χ2n) is 7.05. The molecule has 1 saturated heterocycles. The van der Waals surface area contributed by atoms with Gasteiger partial charge in [0.05, 0.1) is 5.92 Å². The predicted molar refractivity (Wildman–Crippen MR) is 102 cm³/mol. The SMILES string of the molecule is Cc1ccc(C(=O)CCC(=O)N2CC(C(=O)O)C(c3ccccc3)C2)cc1. The quantitative estimate of drug-likeness (QED) is 0.797. The Balaban J connectivity index is 1.62. The second kappa shape index (κ2) is 8.16. The molecule has 1 N–H and O–H groups in total. The van der Waals surface area contributed by atoms with Crippen molar-refractivity contribution in [2.45, 2.75) is 25.7 Å². The van der Waals surface area contributed by atoms with E-state index in [9.17, 15) is 19.5 Å². The number of carbonyl (C=O) groups excluding carboxylic acids is 2. The summed E-state index contributed by atoms with van der Waals surface area (Å²) >= 11 is 0. The Kier molecular flexibility index (Phi) is 5.69. The average Bonchev–Trinajstić information content (AvgIpc) is 3.13. The molecule has 1 aliphatic heterocycles. The molecule has 1 heterocycles. The lowest BCUT2D eigenvalue weighted by molar-refractivity contribution is -0.141. The summed E-state index contributed by atoms with van der Waals surface area (Å²) in [7, 11) is 0. The summed E-state index contributed by atoms with van der Waals surface area (Å²) in [5.41, 5.74) is 2.60. The average molecular weight is 365 g/mol. The number of aliphatic carboxylic acids is 1. The first-order valence-corrected chi connectivity index (χ1v) is 9.11. The Morgan fingerprint density at radius 3 is 2.26 bits per heavy atom. The molecule has 0 radical (unpaired) electrons. The highest BCUT2D eigenvalue weighted by molar-refractivity contribution is 5.98. The van der Waals surface area contributed by atoms with Crippen molar-refractivity contribution in [1.82, 2.24) is 4.90 Å². The standard InChI is InChI=1S/C22H23NO4/c1-15-7-9-17(10-8-15)20(24)11-12-21(25)23-13-18(19(14-23)22(26)27)16-5-3-2-4-6-16/h2-10,18-19H,11-14H2,1H3,(H,26,27). The Hall–Kier alpha value is -2.95. The number of hydrogen-bond acceptors (Lipinski definition) is 3. The van der Waals surface area contributed by atoms with Gasteiger partial charge in [-0.15, -0.1) is 0 Å². The third kappa shape index (κ3) is 4.42. The van der Waals surface area contributed by atoms with Crippen molar-refractivity contribution in [1.29, 1.82) is 0 Å². The molecule has 0 bridgehead atoms. The van der Waals surface area contributed by atoms with E-state index in [1.807, 2.05) is 49.4 Å². The fourth-order valence-electron chi connectivity index (χ4n) is 3.56. The van der Waals surface area contributed by atoms with E-state index >= 15 is 0 Å². The maximum Gasteiger partial charge on any atom is 0.308 e. The van der Waals surface area contributed by atoms with Gasteiger partial charge in [0.1, 0.15) is 0 Å². The first-order valence-electron chi connectivity index (χ1n) is 9.11. The number of carboxylic acids is 1. The summed E-state index contributed by atoms with van der Waals surface area (Å²) in [5.74, 6) is -1.98. The van der Waals surface area contributed by atoms with Crippen molar-refractivity contribution in [3.63, 3.8) is 0 Å². The van der Waals surface area contributed by atoms with Crippen LogP contribution in [0.5, 0.6) is 0 Å². The van der Waals surface area contributed by atoms with Gasteiger partial charge in [0.15, 0.2) is 5.78 Å². The van der Waals surface area contributed by atoms with Crippen molar-refractivity contribution in [2.24, 2.45) is 5.92 Å². The molecule has 3 rings (SSSR count). The summed E-state index contributed by atoms with van der Waals surface area (Å²) in [6.07, 6.45) is 0.229. The molecule has 2 atom stereocenters. The lowest BCUT2D eigenvalue weighted by Crippen LogP contribution is -2.30. The Labute approximate surface area is 158 Å². The smallest absolute Gasteiger partial charge is 0.308 e. The Bertz CT molecular complexity index is 829. The normalized spacial score (nSPS) is 19.1. The van der Waals surface area contributed by atoms with Gasteiger partial charge in [0, 0.05) is 37.4 Å². The van der Waals surface area contributed by atoms with Gasteiger partial charge in [-0.25, -0.2) is 0 Å². The van der Waals surface area contributed by atoms with E-state index in [2.05, 4.69) is 0 Å². The highest BCUT2D eigenvalue weighted by Gasteiger charge is 2.40. The van der Waals surface area contributed by atoms with Gasteiger partial charge < -0.3 is 10.0 Å². The summed E-state index contributed by atoms with van der Waals surface area (Å²) in [6, 6.07) is 16.7. The largest absolute Gasteiger partial charge is 0.481 e. The fourth-order valence-corrected chi connectivity index (χ4v) is 3.56. The highest BCUT2D eigenvalue weighted by Crippen LogP contribution is 2.33. The lowest BCUT2D eigenvalue weighted by atomic mass is 9.89. The molecule has 2 unspecified atom stereocenters. The minimum absolute atomic E-state index is 0.0723. The monoisotopic (exact) mass is 365 g/mol. The summed E-state index contributed by atoms with van der Waals surface area (Å²) in [4.78, 5) is 38.1. The van der Waals surface area contributed by atoms with Crippen molar-refractivity contribution in [3.05, 3.63) is 71.3 Å². The van der Waals surface area contributed by atoms with Crippen molar-refractivity contribution < 1.29 is 19.5 Å². The molecule has 0 saturated carbocycles. The molecule has 5 heteroatoms. The van der Waals surface area contributed by atoms with Crippen molar-refractivity contribution in [3.8, 4) is 0 Å². The number of aryl methyl sites for hydroxylation is 1. The van der Waals surface area contributed by atoms with Crippen LogP contribution in [-0.4, -0.2) is 40.8 Å². The zero-order valence-electron chi connectivity index (χ0n) is 15.3. The number of likely N-dealkylation sites (tertiary alicyclic amines) is 1. The Morgan fingerprint density at radius 1 is 0.963 bits per heavy atom. The molecule has 2 aromatic carbocycles. The van der Waals surface area contributed by atoms with Gasteiger partial charge in [0.25, 0.3) is 0 Å². The number of hydrogen-bond donors (Lipinski definition) is 1. The number of Topliss-reactive ketones (excluding diaryl/α,β-unsaturated/α-hetero) is 1. The first-order chi connectivity index (χ1) is 13.0. The Morgan fingerprint density at radius 2 is 1.63 bits per heavy atom. The third-order valence-electron chi connectivity index (χ3n) is 5.16. The number of benzene rings is 2. The van der Waals surface area contributed by atoms with E-state index in [0.717, 1.165) is 11.1 Å². The van der Waals surface area contributed by atoms with E-state index in [0.29, 0.717) is 12.1 Å². The van der Waals surface area contributed by atoms with Crippen molar-refractivity contribution >= 4 is 17.7 Å². The molecular formula is C22H23NO4. The predicted octanol–water partition coefficient (Wildman–Crippen LogP) is 3.28. The van der Waals surface area contributed by atoms with E-state index in [1.54, 1.807) is 17.0 Å². The van der Waals surface area contributed by atoms with Crippen LogP contribution in [0.15, 0.2) is 54.6 Å². The van der Waals surface area contributed by atoms with Crippen LogP contribution < -0.4 is 0 Å². The lowest BCUT2D eigenvalue weighted by Gasteiger charge is -2.16. The zero-order chi connectivity index (χ0) is 19.4. The number of rotatable bonds is 6. The van der Waals surface area contributed by atoms with E-state index in [-0.39, 0.29) is 37.0 Å². The van der Waals surface area contributed by atoms with Gasteiger partial charge in [0.2, 0.25) is 5.91 Å². The van der Waals surface area contributed by atoms with Crippen LogP contribution in [0.25, 0.3) is 0 Å². The molecule has 5 nitrogen and oxygen atoms in total. The molecule has 0 spiro atoms. The van der Waals surface area contributed by atoms with Crippen LogP contribution in [0.1, 0.15) is 40.2 Å². The van der Waals surface area contributed by atoms with E-state index in [4.69, 9.17) is 0 Å². The fraction of sp³-hybridized carbons (Fsp3) is 0.318. The molecule has 1 aliphatic rings. The molecular weight excluding hydrogens is 342 g/mol. The van der Waals surface area contributed by atoms with Gasteiger partial charge in [-0.1, -0.05) is 60.2 Å². The molecule has 0 aliphatic carbocycles. The van der Waals surface area contributed by atoms with Gasteiger partial charge in [-0.05, 0) is 12.5 Å². The molecule has 140 valence electrons. The van der Waals surface area contributed by atoms with E-state index in [1.165, 1.54) is 0 Å². The molecule has 27 heavy (non-hydrogen) atoms. The maximum absolute atomic E-state index is 12.6. The number of nitrogens with zero attached hydrogens (tertiary/aromatic N) is 1. The number of amides is 1. The minimum Gasteiger partial charge on any atom is -0.481 e. The second-order valence-corrected chi connectivity index (χ2v) is 7.05.